The van der Waals surface area contributed by atoms with Gasteiger partial charge in [0.05, 0.1) is 6.54 Å². The van der Waals surface area contributed by atoms with Crippen molar-refractivity contribution in [3.8, 4) is 0 Å². The third kappa shape index (κ3) is 4.98. The summed E-state index contributed by atoms with van der Waals surface area (Å²) in [5.41, 5.74) is 0. The van der Waals surface area contributed by atoms with Crippen molar-refractivity contribution in [3.63, 3.8) is 0 Å². The van der Waals surface area contributed by atoms with E-state index in [1.807, 2.05) is 13.3 Å². The normalized spacial score (nSPS) is 10.7. The molecule has 0 atom stereocenters. The number of aliphatic imine (C=N–C) groups is 1. The Labute approximate surface area is 115 Å². The molecule has 0 amide bonds. The average molecular weight is 359 g/mol. The van der Waals surface area contributed by atoms with E-state index in [-0.39, 0.29) is 24.0 Å². The largest absolute Gasteiger partial charge is 0.359 e. The molecule has 0 spiro atoms. The number of hydrogen-bond acceptors (Lipinski definition) is 5. The van der Waals surface area contributed by atoms with Crippen LogP contribution >= 0.6 is 47.1 Å². The smallest absolute Gasteiger partial charge is 0.191 e. The summed E-state index contributed by atoms with van der Waals surface area (Å²) in [7, 11) is 3.55. The van der Waals surface area contributed by atoms with E-state index in [1.54, 1.807) is 30.1 Å². The Morgan fingerprint density at radius 1 is 1.53 bits per heavy atom. The Balaban J connectivity index is 0.00000196. The maximum absolute atomic E-state index is 4.03. The van der Waals surface area contributed by atoms with Crippen LogP contribution in [0.15, 0.2) is 9.33 Å². The van der Waals surface area contributed by atoms with Crippen molar-refractivity contribution in [3.05, 3.63) is 5.01 Å². The zero-order valence-corrected chi connectivity index (χ0v) is 12.7. The van der Waals surface area contributed by atoms with Crippen molar-refractivity contribution >= 4 is 53.0 Å². The molecule has 0 saturated heterocycles. The average Bonchev–Trinajstić information content (AvgIpc) is 2.67. The molecule has 0 aliphatic rings. The molecule has 1 aromatic rings. The molecule has 0 unspecified atom stereocenters. The van der Waals surface area contributed by atoms with Gasteiger partial charge in [-0.05, 0) is 6.26 Å². The summed E-state index contributed by atoms with van der Waals surface area (Å²) in [5.74, 6) is 0.755. The molecule has 0 radical (unpaired) electrons. The highest BCUT2D eigenvalue weighted by Crippen LogP contribution is 2.18. The van der Waals surface area contributed by atoms with E-state index >= 15 is 0 Å². The summed E-state index contributed by atoms with van der Waals surface area (Å²) in [6, 6.07) is 0. The van der Waals surface area contributed by atoms with Gasteiger partial charge < -0.3 is 10.6 Å². The highest BCUT2D eigenvalue weighted by molar-refractivity contribution is 14.0. The van der Waals surface area contributed by atoms with Crippen molar-refractivity contribution in [2.75, 3.05) is 20.4 Å². The van der Waals surface area contributed by atoms with Crippen LogP contribution in [0.25, 0.3) is 0 Å². The third-order valence-corrected chi connectivity index (χ3v) is 3.39. The van der Waals surface area contributed by atoms with E-state index in [0.29, 0.717) is 6.54 Å². The summed E-state index contributed by atoms with van der Waals surface area (Å²) >= 11 is 3.20. The summed E-state index contributed by atoms with van der Waals surface area (Å²) in [4.78, 5) is 3.99. The number of nitrogens with one attached hydrogen (secondary N) is 2. The Morgan fingerprint density at radius 3 is 2.73 bits per heavy atom. The maximum atomic E-state index is 4.03. The molecule has 86 valence electrons. The summed E-state index contributed by atoms with van der Waals surface area (Å²) in [5, 5.41) is 15.0. The summed E-state index contributed by atoms with van der Waals surface area (Å²) in [6.45, 7) is 0.658. The van der Waals surface area contributed by atoms with Gasteiger partial charge in [0.1, 0.15) is 5.01 Å². The molecule has 1 rings (SSSR count). The topological polar surface area (TPSA) is 62.2 Å². The van der Waals surface area contributed by atoms with Crippen LogP contribution in [0.3, 0.4) is 0 Å². The van der Waals surface area contributed by atoms with Gasteiger partial charge in [-0.1, -0.05) is 23.1 Å². The van der Waals surface area contributed by atoms with E-state index in [4.69, 9.17) is 0 Å². The number of rotatable bonds is 3. The summed E-state index contributed by atoms with van der Waals surface area (Å²) < 4.78 is 0.987. The second-order valence-corrected chi connectivity index (χ2v) is 4.46. The minimum absolute atomic E-state index is 0. The van der Waals surface area contributed by atoms with Gasteiger partial charge in [0, 0.05) is 14.1 Å². The van der Waals surface area contributed by atoms with Crippen LogP contribution in [-0.2, 0) is 6.54 Å². The van der Waals surface area contributed by atoms with E-state index in [2.05, 4.69) is 25.8 Å². The minimum atomic E-state index is 0. The molecular weight excluding hydrogens is 345 g/mol. The SMILES string of the molecule is CN=C(NC)NCc1nnc(SC)s1.I. The van der Waals surface area contributed by atoms with Gasteiger partial charge in [-0.15, -0.1) is 34.2 Å². The minimum Gasteiger partial charge on any atom is -0.359 e. The lowest BCUT2D eigenvalue weighted by Gasteiger charge is -2.05. The molecule has 0 aliphatic heterocycles. The van der Waals surface area contributed by atoms with Gasteiger partial charge >= 0.3 is 0 Å². The van der Waals surface area contributed by atoms with Gasteiger partial charge in [-0.25, -0.2) is 0 Å². The molecule has 8 heteroatoms. The standard InChI is InChI=1S/C7H13N5S2.HI/c1-8-6(9-2)10-4-5-11-12-7(13-3)14-5;/h4H2,1-3H3,(H2,8,9,10);1H. The van der Waals surface area contributed by atoms with Crippen molar-refractivity contribution in [2.24, 2.45) is 4.99 Å². The molecule has 0 fully saturated rings. The number of nitrogens with zero attached hydrogens (tertiary/aromatic N) is 3. The first-order chi connectivity index (χ1) is 6.80. The number of halogens is 1. The fourth-order valence-corrected chi connectivity index (χ4v) is 2.08. The predicted molar refractivity (Wildman–Crippen MR) is 76.4 cm³/mol. The Kier molecular flexibility index (Phi) is 8.06. The third-order valence-electron chi connectivity index (χ3n) is 1.49. The first-order valence-corrected chi connectivity index (χ1v) is 6.09. The highest BCUT2D eigenvalue weighted by atomic mass is 127. The molecule has 0 saturated carbocycles. The zero-order chi connectivity index (χ0) is 10.4. The van der Waals surface area contributed by atoms with Crippen LogP contribution in [0.2, 0.25) is 0 Å². The fourth-order valence-electron chi connectivity index (χ4n) is 0.831. The van der Waals surface area contributed by atoms with Crippen LogP contribution in [0.1, 0.15) is 5.01 Å². The molecule has 1 aromatic heterocycles. The monoisotopic (exact) mass is 359 g/mol. The lowest BCUT2D eigenvalue weighted by atomic mass is 10.6. The molecule has 15 heavy (non-hydrogen) atoms. The van der Waals surface area contributed by atoms with Gasteiger partial charge in [-0.3, -0.25) is 4.99 Å². The van der Waals surface area contributed by atoms with Crippen LogP contribution in [0, 0.1) is 0 Å². The fraction of sp³-hybridized carbons (Fsp3) is 0.571. The van der Waals surface area contributed by atoms with E-state index < -0.39 is 0 Å². The number of guanidine groups is 1. The van der Waals surface area contributed by atoms with Crippen molar-refractivity contribution in [1.82, 2.24) is 20.8 Å². The van der Waals surface area contributed by atoms with E-state index in [1.165, 1.54) is 0 Å². The molecule has 0 bridgehead atoms. The number of hydrogen-bond donors (Lipinski definition) is 2. The first-order valence-electron chi connectivity index (χ1n) is 4.05. The Morgan fingerprint density at radius 2 is 2.27 bits per heavy atom. The second kappa shape index (κ2) is 8.11. The van der Waals surface area contributed by atoms with Crippen LogP contribution in [0.4, 0.5) is 0 Å². The predicted octanol–water partition coefficient (Wildman–Crippen LogP) is 1.17. The van der Waals surface area contributed by atoms with Crippen molar-refractivity contribution in [2.45, 2.75) is 10.9 Å². The van der Waals surface area contributed by atoms with Crippen molar-refractivity contribution < 1.29 is 0 Å². The highest BCUT2D eigenvalue weighted by Gasteiger charge is 2.02. The second-order valence-electron chi connectivity index (χ2n) is 2.34. The lowest BCUT2D eigenvalue weighted by molar-refractivity contribution is 0.831. The quantitative estimate of drug-likeness (QED) is 0.367. The van der Waals surface area contributed by atoms with E-state index in [0.717, 1.165) is 15.3 Å². The van der Waals surface area contributed by atoms with Crippen LogP contribution in [-0.4, -0.2) is 36.5 Å². The number of aromatic nitrogens is 2. The van der Waals surface area contributed by atoms with Crippen molar-refractivity contribution in [1.29, 1.82) is 0 Å². The molecule has 5 nitrogen and oxygen atoms in total. The molecular formula is C7H14IN5S2. The molecule has 0 aromatic carbocycles. The van der Waals surface area contributed by atoms with Crippen LogP contribution < -0.4 is 10.6 Å². The maximum Gasteiger partial charge on any atom is 0.191 e. The zero-order valence-electron chi connectivity index (χ0n) is 8.77. The lowest BCUT2D eigenvalue weighted by Crippen LogP contribution is -2.34. The Bertz CT molecular complexity index is 314. The van der Waals surface area contributed by atoms with Gasteiger partial charge in [0.25, 0.3) is 0 Å². The molecule has 2 N–H and O–H groups in total. The van der Waals surface area contributed by atoms with Gasteiger partial charge in [0.2, 0.25) is 0 Å². The Hall–Kier alpha value is -0.0900. The van der Waals surface area contributed by atoms with Gasteiger partial charge in [-0.2, -0.15) is 0 Å². The number of thioether (sulfide) groups is 1. The molecule has 0 aliphatic carbocycles. The summed E-state index contributed by atoms with van der Waals surface area (Å²) in [6.07, 6.45) is 1.99. The van der Waals surface area contributed by atoms with Crippen LogP contribution in [0.5, 0.6) is 0 Å². The molecule has 1 heterocycles. The van der Waals surface area contributed by atoms with Gasteiger partial charge in [0.15, 0.2) is 10.3 Å². The van der Waals surface area contributed by atoms with E-state index in [9.17, 15) is 0 Å². The first kappa shape index (κ1) is 14.9.